The van der Waals surface area contributed by atoms with Crippen LogP contribution in [0.4, 0.5) is 4.79 Å². The molecule has 3 atom stereocenters. The van der Waals surface area contributed by atoms with Gasteiger partial charge < -0.3 is 24.9 Å². The molecular weight excluding hydrogens is 250 g/mol. The Labute approximate surface area is 112 Å². The molecule has 0 aromatic carbocycles. The maximum Gasteiger partial charge on any atom is 0.326 e. The third-order valence-corrected chi connectivity index (χ3v) is 3.89. The lowest BCUT2D eigenvalue weighted by Crippen LogP contribution is -2.57. The van der Waals surface area contributed by atoms with Gasteiger partial charge in [-0.2, -0.15) is 0 Å². The Balaban J connectivity index is 2.08. The molecule has 2 aliphatic heterocycles. The predicted molar refractivity (Wildman–Crippen MR) is 67.8 cm³/mol. The molecule has 2 rings (SSSR count). The number of rotatable bonds is 1. The van der Waals surface area contributed by atoms with E-state index in [1.807, 2.05) is 14.0 Å². The number of aliphatic hydroxyl groups excluding tert-OH is 1. The second kappa shape index (κ2) is 5.34. The molecule has 0 aromatic heterocycles. The Hall–Kier alpha value is -1.34. The fourth-order valence-electron chi connectivity index (χ4n) is 2.85. The van der Waals surface area contributed by atoms with Crippen LogP contribution in [0.5, 0.6) is 0 Å². The molecule has 0 radical (unpaired) electrons. The summed E-state index contributed by atoms with van der Waals surface area (Å²) in [5, 5.41) is 18.7. The third kappa shape index (κ3) is 2.82. The van der Waals surface area contributed by atoms with Crippen molar-refractivity contribution < 1.29 is 19.8 Å². The predicted octanol–water partition coefficient (Wildman–Crippen LogP) is -0.738. The van der Waals surface area contributed by atoms with Gasteiger partial charge in [0.25, 0.3) is 0 Å². The minimum absolute atomic E-state index is 0.0541. The van der Waals surface area contributed by atoms with Crippen LogP contribution >= 0.6 is 0 Å². The Bertz CT molecular complexity index is 376. The standard InChI is InChI=1S/C12H21N3O4/c1-8-6-13(2)3-4-14(8)12(19)15-7-9(16)5-10(15)11(17)18/h8-10,16H,3-7H2,1-2H3,(H,17,18)/t8?,9-,10+/m1/s1. The van der Waals surface area contributed by atoms with Crippen molar-refractivity contribution in [2.45, 2.75) is 31.5 Å². The summed E-state index contributed by atoms with van der Waals surface area (Å²) in [7, 11) is 2.00. The Morgan fingerprint density at radius 3 is 2.42 bits per heavy atom. The molecule has 0 aromatic rings. The molecule has 7 nitrogen and oxygen atoms in total. The van der Waals surface area contributed by atoms with Gasteiger partial charge >= 0.3 is 12.0 Å². The largest absolute Gasteiger partial charge is 0.480 e. The fourth-order valence-corrected chi connectivity index (χ4v) is 2.85. The summed E-state index contributed by atoms with van der Waals surface area (Å²) in [6.07, 6.45) is -0.628. The zero-order valence-corrected chi connectivity index (χ0v) is 11.3. The second-order valence-electron chi connectivity index (χ2n) is 5.48. The van der Waals surface area contributed by atoms with Gasteiger partial charge in [-0.25, -0.2) is 9.59 Å². The van der Waals surface area contributed by atoms with E-state index in [9.17, 15) is 14.7 Å². The van der Waals surface area contributed by atoms with Crippen molar-refractivity contribution in [3.8, 4) is 0 Å². The topological polar surface area (TPSA) is 84.3 Å². The zero-order chi connectivity index (χ0) is 14.2. The van der Waals surface area contributed by atoms with Gasteiger partial charge in [-0.05, 0) is 14.0 Å². The van der Waals surface area contributed by atoms with Gasteiger partial charge in [0, 0.05) is 38.6 Å². The number of aliphatic carboxylic acids is 1. The van der Waals surface area contributed by atoms with Gasteiger partial charge in [-0.1, -0.05) is 0 Å². The first-order valence-electron chi connectivity index (χ1n) is 6.56. The van der Waals surface area contributed by atoms with Crippen LogP contribution in [-0.2, 0) is 4.79 Å². The Morgan fingerprint density at radius 2 is 1.84 bits per heavy atom. The molecule has 2 heterocycles. The van der Waals surface area contributed by atoms with Gasteiger partial charge in [0.2, 0.25) is 0 Å². The molecule has 2 N–H and O–H groups in total. The number of likely N-dealkylation sites (N-methyl/N-ethyl adjacent to an activating group) is 1. The molecule has 2 fully saturated rings. The highest BCUT2D eigenvalue weighted by Crippen LogP contribution is 2.21. The van der Waals surface area contributed by atoms with Crippen molar-refractivity contribution in [3.05, 3.63) is 0 Å². The quantitative estimate of drug-likeness (QED) is 0.656. The van der Waals surface area contributed by atoms with E-state index in [1.165, 1.54) is 4.90 Å². The van der Waals surface area contributed by atoms with Gasteiger partial charge in [0.1, 0.15) is 6.04 Å². The average Bonchev–Trinajstić information content (AvgIpc) is 2.70. The summed E-state index contributed by atoms with van der Waals surface area (Å²) in [4.78, 5) is 28.7. The van der Waals surface area contributed by atoms with Crippen molar-refractivity contribution in [3.63, 3.8) is 0 Å². The first-order chi connectivity index (χ1) is 8.90. The molecule has 2 aliphatic rings. The Kier molecular flexibility index (Phi) is 3.96. The first-order valence-corrected chi connectivity index (χ1v) is 6.56. The number of urea groups is 1. The molecule has 0 spiro atoms. The number of nitrogens with zero attached hydrogens (tertiary/aromatic N) is 3. The van der Waals surface area contributed by atoms with E-state index in [0.717, 1.165) is 13.1 Å². The molecule has 0 saturated carbocycles. The van der Waals surface area contributed by atoms with E-state index < -0.39 is 18.1 Å². The normalized spacial score (nSPS) is 32.7. The van der Waals surface area contributed by atoms with Crippen LogP contribution in [0.25, 0.3) is 0 Å². The van der Waals surface area contributed by atoms with E-state index in [0.29, 0.717) is 6.54 Å². The van der Waals surface area contributed by atoms with Gasteiger partial charge in [0.15, 0.2) is 0 Å². The van der Waals surface area contributed by atoms with Crippen molar-refractivity contribution in [2.75, 3.05) is 33.2 Å². The van der Waals surface area contributed by atoms with Gasteiger partial charge in [0.05, 0.1) is 6.10 Å². The summed E-state index contributed by atoms with van der Waals surface area (Å²) in [5.41, 5.74) is 0. The summed E-state index contributed by atoms with van der Waals surface area (Å²) < 4.78 is 0. The number of carbonyl (C=O) groups is 2. The summed E-state index contributed by atoms with van der Waals surface area (Å²) in [6.45, 7) is 4.21. The molecule has 0 bridgehead atoms. The van der Waals surface area contributed by atoms with Crippen molar-refractivity contribution >= 4 is 12.0 Å². The van der Waals surface area contributed by atoms with E-state index >= 15 is 0 Å². The highest BCUT2D eigenvalue weighted by Gasteiger charge is 2.42. The number of aliphatic hydroxyl groups is 1. The van der Waals surface area contributed by atoms with E-state index in [1.54, 1.807) is 4.90 Å². The molecule has 2 saturated heterocycles. The second-order valence-corrected chi connectivity index (χ2v) is 5.48. The molecular formula is C12H21N3O4. The van der Waals surface area contributed by atoms with Crippen LogP contribution in [0.15, 0.2) is 0 Å². The number of amides is 2. The summed E-state index contributed by atoms with van der Waals surface area (Å²) in [5.74, 6) is -1.05. The number of carboxylic acids is 1. The lowest BCUT2D eigenvalue weighted by atomic mass is 10.2. The van der Waals surface area contributed by atoms with Crippen LogP contribution in [0.1, 0.15) is 13.3 Å². The van der Waals surface area contributed by atoms with Crippen LogP contribution in [0.2, 0.25) is 0 Å². The van der Waals surface area contributed by atoms with Crippen LogP contribution in [0, 0.1) is 0 Å². The SMILES string of the molecule is CC1CN(C)CCN1C(=O)N1C[C@H](O)C[C@H]1C(=O)O. The lowest BCUT2D eigenvalue weighted by molar-refractivity contribution is -0.141. The third-order valence-electron chi connectivity index (χ3n) is 3.89. The number of carbonyl (C=O) groups excluding carboxylic acids is 1. The number of β-amino-alcohol motifs (C(OH)–C–C–N with tert-alkyl or cyclic N) is 1. The molecule has 19 heavy (non-hydrogen) atoms. The number of likely N-dealkylation sites (tertiary alicyclic amines) is 1. The van der Waals surface area contributed by atoms with E-state index in [2.05, 4.69) is 4.90 Å². The zero-order valence-electron chi connectivity index (χ0n) is 11.3. The van der Waals surface area contributed by atoms with E-state index in [-0.39, 0.29) is 25.0 Å². The van der Waals surface area contributed by atoms with Gasteiger partial charge in [-0.3, -0.25) is 0 Å². The Morgan fingerprint density at radius 1 is 1.16 bits per heavy atom. The summed E-state index contributed by atoms with van der Waals surface area (Å²) in [6, 6.07) is -1.13. The van der Waals surface area contributed by atoms with Crippen molar-refractivity contribution in [1.29, 1.82) is 0 Å². The monoisotopic (exact) mass is 271 g/mol. The van der Waals surface area contributed by atoms with Crippen LogP contribution < -0.4 is 0 Å². The molecule has 7 heteroatoms. The number of hydrogen-bond donors (Lipinski definition) is 2. The molecule has 1 unspecified atom stereocenters. The number of carboxylic acid groups (broad SMARTS) is 1. The maximum atomic E-state index is 12.4. The van der Waals surface area contributed by atoms with Crippen molar-refractivity contribution in [2.24, 2.45) is 0 Å². The van der Waals surface area contributed by atoms with Gasteiger partial charge in [-0.15, -0.1) is 0 Å². The average molecular weight is 271 g/mol. The fraction of sp³-hybridized carbons (Fsp3) is 0.833. The molecule has 2 amide bonds. The minimum Gasteiger partial charge on any atom is -0.480 e. The number of piperazine rings is 1. The maximum absolute atomic E-state index is 12.4. The van der Waals surface area contributed by atoms with E-state index in [4.69, 9.17) is 5.11 Å². The highest BCUT2D eigenvalue weighted by atomic mass is 16.4. The minimum atomic E-state index is -1.05. The summed E-state index contributed by atoms with van der Waals surface area (Å²) >= 11 is 0. The number of hydrogen-bond acceptors (Lipinski definition) is 4. The molecule has 108 valence electrons. The smallest absolute Gasteiger partial charge is 0.326 e. The van der Waals surface area contributed by atoms with Crippen LogP contribution in [-0.4, -0.2) is 88.3 Å². The van der Waals surface area contributed by atoms with Crippen molar-refractivity contribution in [1.82, 2.24) is 14.7 Å². The lowest BCUT2D eigenvalue weighted by Gasteiger charge is -2.40. The molecule has 0 aliphatic carbocycles. The highest BCUT2D eigenvalue weighted by molar-refractivity contribution is 5.83. The first kappa shape index (κ1) is 14.1. The van der Waals surface area contributed by atoms with Crippen LogP contribution in [0.3, 0.4) is 0 Å².